The van der Waals surface area contributed by atoms with Crippen molar-refractivity contribution in [2.75, 3.05) is 6.61 Å². The molecule has 3 heteroatoms. The molecule has 0 aliphatic carbocycles. The average Bonchev–Trinajstić information content (AvgIpc) is 2.34. The Balaban J connectivity index is 2.14. The number of hydrogen-bond acceptors (Lipinski definition) is 3. The summed E-state index contributed by atoms with van der Waals surface area (Å²) in [6.07, 6.45) is 3.13. The molecule has 86 valence electrons. The van der Waals surface area contributed by atoms with E-state index in [0.29, 0.717) is 19.5 Å². The monoisotopic (exact) mass is 220 g/mol. The van der Waals surface area contributed by atoms with Gasteiger partial charge in [-0.15, -0.1) is 0 Å². The molecule has 0 unspecified atom stereocenters. The molecule has 0 atom stereocenters. The fraction of sp³-hybridized carbons (Fsp3) is 0.385. The lowest BCUT2D eigenvalue weighted by molar-refractivity contribution is -0.128. The molecule has 0 heterocycles. The molecule has 0 spiro atoms. The Labute approximate surface area is 95.4 Å². The molecule has 1 rings (SSSR count). The normalized spacial score (nSPS) is 9.75. The van der Waals surface area contributed by atoms with Gasteiger partial charge in [-0.1, -0.05) is 30.3 Å². The number of unbranched alkanes of at least 4 members (excludes halogenated alkanes) is 2. The predicted octanol–water partition coefficient (Wildman–Crippen LogP) is 2.60. The van der Waals surface area contributed by atoms with Crippen LogP contribution in [-0.4, -0.2) is 18.9 Å². The first-order chi connectivity index (χ1) is 7.84. The molecular weight excluding hydrogens is 204 g/mol. The van der Waals surface area contributed by atoms with Crippen LogP contribution >= 0.6 is 0 Å². The smallest absolute Gasteiger partial charge is 0.293 e. The third-order valence-corrected chi connectivity index (χ3v) is 2.33. The highest BCUT2D eigenvalue weighted by molar-refractivity contribution is 5.95. The van der Waals surface area contributed by atoms with Gasteiger partial charge in [0, 0.05) is 12.0 Å². The highest BCUT2D eigenvalue weighted by Crippen LogP contribution is 2.07. The third-order valence-electron chi connectivity index (χ3n) is 2.33. The van der Waals surface area contributed by atoms with Crippen molar-refractivity contribution in [1.82, 2.24) is 0 Å². The van der Waals surface area contributed by atoms with Gasteiger partial charge in [-0.25, -0.2) is 0 Å². The maximum Gasteiger partial charge on any atom is 0.293 e. The summed E-state index contributed by atoms with van der Waals surface area (Å²) in [5.41, 5.74) is 0.770. The molecule has 0 aliphatic heterocycles. The largest absolute Gasteiger partial charge is 0.468 e. The second kappa shape index (κ2) is 7.63. The average molecular weight is 220 g/mol. The van der Waals surface area contributed by atoms with Crippen LogP contribution in [0.5, 0.6) is 0 Å². The predicted molar refractivity (Wildman–Crippen MR) is 61.3 cm³/mol. The van der Waals surface area contributed by atoms with Gasteiger partial charge in [-0.2, -0.15) is 0 Å². The number of carbonyl (C=O) groups is 2. The van der Waals surface area contributed by atoms with Crippen molar-refractivity contribution in [3.63, 3.8) is 0 Å². The minimum atomic E-state index is 0.178. The maximum absolute atomic E-state index is 11.6. The molecule has 0 N–H and O–H groups in total. The number of carbonyl (C=O) groups excluding carboxylic acids is 2. The van der Waals surface area contributed by atoms with E-state index in [2.05, 4.69) is 4.74 Å². The van der Waals surface area contributed by atoms with Crippen molar-refractivity contribution in [2.24, 2.45) is 0 Å². The van der Waals surface area contributed by atoms with E-state index in [1.54, 1.807) is 0 Å². The Morgan fingerprint density at radius 1 is 1.12 bits per heavy atom. The van der Waals surface area contributed by atoms with Gasteiger partial charge < -0.3 is 4.74 Å². The summed E-state index contributed by atoms with van der Waals surface area (Å²) in [4.78, 5) is 21.5. The fourth-order valence-electron chi connectivity index (χ4n) is 1.46. The fourth-order valence-corrected chi connectivity index (χ4v) is 1.46. The number of benzene rings is 1. The lowest BCUT2D eigenvalue weighted by atomic mass is 10.1. The van der Waals surface area contributed by atoms with Gasteiger partial charge in [-0.05, 0) is 19.3 Å². The van der Waals surface area contributed by atoms with Crippen molar-refractivity contribution in [3.8, 4) is 0 Å². The molecule has 16 heavy (non-hydrogen) atoms. The third kappa shape index (κ3) is 4.73. The van der Waals surface area contributed by atoms with E-state index in [4.69, 9.17) is 0 Å². The highest BCUT2D eigenvalue weighted by atomic mass is 16.5. The van der Waals surface area contributed by atoms with Crippen LogP contribution in [0.3, 0.4) is 0 Å². The highest BCUT2D eigenvalue weighted by Gasteiger charge is 2.03. The summed E-state index contributed by atoms with van der Waals surface area (Å²) in [7, 11) is 0. The van der Waals surface area contributed by atoms with Crippen LogP contribution in [0.4, 0.5) is 0 Å². The lowest BCUT2D eigenvalue weighted by Crippen LogP contribution is -1.99. The standard InChI is InChI=1S/C13H16O3/c14-11-16-10-6-2-5-9-13(15)12-7-3-1-4-8-12/h1,3-4,7-8,11H,2,5-6,9-10H2. The van der Waals surface area contributed by atoms with Crippen LogP contribution in [0.25, 0.3) is 0 Å². The zero-order valence-electron chi connectivity index (χ0n) is 9.22. The molecule has 1 aromatic rings. The van der Waals surface area contributed by atoms with Crippen LogP contribution in [0, 0.1) is 0 Å². The SMILES string of the molecule is O=COCCCCCC(=O)c1ccccc1. The molecular formula is C13H16O3. The Bertz CT molecular complexity index is 319. The summed E-state index contributed by atoms with van der Waals surface area (Å²) < 4.78 is 4.56. The number of hydrogen-bond donors (Lipinski definition) is 0. The molecule has 0 saturated heterocycles. The Kier molecular flexibility index (Phi) is 5.92. The van der Waals surface area contributed by atoms with Crippen LogP contribution in [0.1, 0.15) is 36.0 Å². The lowest BCUT2D eigenvalue weighted by Gasteiger charge is -2.01. The van der Waals surface area contributed by atoms with Crippen LogP contribution in [-0.2, 0) is 9.53 Å². The van der Waals surface area contributed by atoms with E-state index < -0.39 is 0 Å². The second-order valence-corrected chi connectivity index (χ2v) is 3.57. The topological polar surface area (TPSA) is 43.4 Å². The van der Waals surface area contributed by atoms with Gasteiger partial charge in [0.2, 0.25) is 0 Å². The summed E-state index contributed by atoms with van der Waals surface area (Å²) in [5.74, 6) is 0.178. The summed E-state index contributed by atoms with van der Waals surface area (Å²) >= 11 is 0. The van der Waals surface area contributed by atoms with Gasteiger partial charge >= 0.3 is 0 Å². The summed E-state index contributed by atoms with van der Waals surface area (Å²) in [5, 5.41) is 0. The van der Waals surface area contributed by atoms with Gasteiger partial charge in [0.1, 0.15) is 0 Å². The van der Waals surface area contributed by atoms with Crippen LogP contribution in [0.2, 0.25) is 0 Å². The number of ether oxygens (including phenoxy) is 1. The zero-order valence-corrected chi connectivity index (χ0v) is 9.22. The first-order valence-corrected chi connectivity index (χ1v) is 5.48. The van der Waals surface area contributed by atoms with Crippen molar-refractivity contribution in [1.29, 1.82) is 0 Å². The number of rotatable bonds is 8. The van der Waals surface area contributed by atoms with Gasteiger partial charge in [0.15, 0.2) is 5.78 Å². The molecule has 0 aliphatic rings. The van der Waals surface area contributed by atoms with Crippen LogP contribution in [0.15, 0.2) is 30.3 Å². The molecule has 3 nitrogen and oxygen atoms in total. The van der Waals surface area contributed by atoms with E-state index in [1.807, 2.05) is 30.3 Å². The van der Waals surface area contributed by atoms with Crippen molar-refractivity contribution in [2.45, 2.75) is 25.7 Å². The molecule has 0 bridgehead atoms. The maximum atomic E-state index is 11.6. The van der Waals surface area contributed by atoms with E-state index in [9.17, 15) is 9.59 Å². The summed E-state index contributed by atoms with van der Waals surface area (Å²) in [6.45, 7) is 0.901. The first-order valence-electron chi connectivity index (χ1n) is 5.48. The number of ketones is 1. The molecule has 1 aromatic carbocycles. The quantitative estimate of drug-likeness (QED) is 0.384. The second-order valence-electron chi connectivity index (χ2n) is 3.57. The van der Waals surface area contributed by atoms with Crippen molar-refractivity contribution >= 4 is 12.3 Å². The molecule has 0 amide bonds. The minimum Gasteiger partial charge on any atom is -0.468 e. The Morgan fingerprint density at radius 2 is 1.88 bits per heavy atom. The van der Waals surface area contributed by atoms with Crippen molar-refractivity contribution < 1.29 is 14.3 Å². The number of Topliss-reactive ketones (excluding diaryl/α,β-unsaturated/α-hetero) is 1. The van der Waals surface area contributed by atoms with Gasteiger partial charge in [-0.3, -0.25) is 9.59 Å². The minimum absolute atomic E-state index is 0.178. The van der Waals surface area contributed by atoms with Gasteiger partial charge in [0.05, 0.1) is 6.61 Å². The molecule has 0 fully saturated rings. The zero-order chi connectivity index (χ0) is 11.6. The van der Waals surface area contributed by atoms with Gasteiger partial charge in [0.25, 0.3) is 6.47 Å². The van der Waals surface area contributed by atoms with E-state index in [1.165, 1.54) is 0 Å². The summed E-state index contributed by atoms with van der Waals surface area (Å²) in [6, 6.07) is 9.29. The van der Waals surface area contributed by atoms with Crippen LogP contribution < -0.4 is 0 Å². The Morgan fingerprint density at radius 3 is 2.56 bits per heavy atom. The van der Waals surface area contributed by atoms with E-state index in [-0.39, 0.29) is 5.78 Å². The molecule has 0 aromatic heterocycles. The van der Waals surface area contributed by atoms with Crippen molar-refractivity contribution in [3.05, 3.63) is 35.9 Å². The molecule has 0 saturated carbocycles. The molecule has 0 radical (unpaired) electrons. The first kappa shape index (κ1) is 12.4. The van der Waals surface area contributed by atoms with E-state index in [0.717, 1.165) is 24.8 Å². The Hall–Kier alpha value is -1.64. The van der Waals surface area contributed by atoms with E-state index >= 15 is 0 Å².